The Morgan fingerprint density at radius 2 is 1.58 bits per heavy atom. The molecule has 2 aromatic rings. The SMILES string of the molecule is Cc1cc(C)cc(NC(=O)CCc2ccc(S(=O)(=O)NC(C)C)cc2)c1. The van der Waals surface area contributed by atoms with Crippen molar-refractivity contribution in [3.05, 3.63) is 59.2 Å². The van der Waals surface area contributed by atoms with Gasteiger partial charge in [0.15, 0.2) is 0 Å². The highest BCUT2D eigenvalue weighted by atomic mass is 32.2. The van der Waals surface area contributed by atoms with E-state index in [1.54, 1.807) is 38.1 Å². The molecule has 0 aliphatic carbocycles. The average Bonchev–Trinajstić information content (AvgIpc) is 2.51. The molecule has 5 nitrogen and oxygen atoms in total. The highest BCUT2D eigenvalue weighted by Gasteiger charge is 2.15. The van der Waals surface area contributed by atoms with Gasteiger partial charge in [0.2, 0.25) is 15.9 Å². The Kier molecular flexibility index (Phi) is 6.56. The number of nitrogens with one attached hydrogen (secondary N) is 2. The third-order valence-corrected chi connectivity index (χ3v) is 5.45. The Labute approximate surface area is 155 Å². The van der Waals surface area contributed by atoms with E-state index in [2.05, 4.69) is 16.1 Å². The van der Waals surface area contributed by atoms with Gasteiger partial charge < -0.3 is 5.32 Å². The summed E-state index contributed by atoms with van der Waals surface area (Å²) >= 11 is 0. The molecule has 1 amide bonds. The standard InChI is InChI=1S/C20H26N2O3S/c1-14(2)22-26(24,25)19-8-5-17(6-9-19)7-10-20(23)21-18-12-15(3)11-16(4)13-18/h5-6,8-9,11-14,22H,7,10H2,1-4H3,(H,21,23). The Balaban J connectivity index is 1.94. The number of amides is 1. The molecule has 0 heterocycles. The number of carbonyl (C=O) groups is 1. The molecule has 0 atom stereocenters. The molecule has 0 aromatic heterocycles. The van der Waals surface area contributed by atoms with E-state index >= 15 is 0 Å². The summed E-state index contributed by atoms with van der Waals surface area (Å²) in [7, 11) is -3.49. The summed E-state index contributed by atoms with van der Waals surface area (Å²) in [5.41, 5.74) is 3.93. The van der Waals surface area contributed by atoms with Crippen LogP contribution in [0.3, 0.4) is 0 Å². The second-order valence-electron chi connectivity index (χ2n) is 6.84. The lowest BCUT2D eigenvalue weighted by atomic mass is 10.1. The predicted molar refractivity (Wildman–Crippen MR) is 105 cm³/mol. The van der Waals surface area contributed by atoms with Crippen molar-refractivity contribution in [1.29, 1.82) is 0 Å². The first-order valence-electron chi connectivity index (χ1n) is 8.65. The van der Waals surface area contributed by atoms with Crippen molar-refractivity contribution < 1.29 is 13.2 Å². The zero-order chi connectivity index (χ0) is 19.3. The fraction of sp³-hybridized carbons (Fsp3) is 0.350. The van der Waals surface area contributed by atoms with E-state index in [9.17, 15) is 13.2 Å². The van der Waals surface area contributed by atoms with Crippen molar-refractivity contribution >= 4 is 21.6 Å². The van der Waals surface area contributed by atoms with Crippen LogP contribution in [0.4, 0.5) is 5.69 Å². The van der Waals surface area contributed by atoms with Crippen molar-refractivity contribution in [1.82, 2.24) is 4.72 Å². The molecule has 0 aliphatic rings. The molecule has 2 rings (SSSR count). The summed E-state index contributed by atoms with van der Waals surface area (Å²) in [5.74, 6) is -0.0619. The van der Waals surface area contributed by atoms with Gasteiger partial charge in [0.1, 0.15) is 0 Å². The number of sulfonamides is 1. The quantitative estimate of drug-likeness (QED) is 0.778. The lowest BCUT2D eigenvalue weighted by Gasteiger charge is -2.10. The van der Waals surface area contributed by atoms with Crippen molar-refractivity contribution in [3.63, 3.8) is 0 Å². The van der Waals surface area contributed by atoms with E-state index in [0.29, 0.717) is 12.8 Å². The number of benzene rings is 2. The molecule has 26 heavy (non-hydrogen) atoms. The fourth-order valence-corrected chi connectivity index (χ4v) is 3.99. The summed E-state index contributed by atoms with van der Waals surface area (Å²) < 4.78 is 26.8. The zero-order valence-electron chi connectivity index (χ0n) is 15.7. The Morgan fingerprint density at radius 3 is 2.12 bits per heavy atom. The van der Waals surface area contributed by atoms with Crippen LogP contribution in [0.15, 0.2) is 47.4 Å². The van der Waals surface area contributed by atoms with Crippen LogP contribution < -0.4 is 10.0 Å². The number of aryl methyl sites for hydroxylation is 3. The molecule has 140 valence electrons. The van der Waals surface area contributed by atoms with Gasteiger partial charge in [-0.15, -0.1) is 0 Å². The molecule has 0 unspecified atom stereocenters. The molecule has 0 saturated carbocycles. The Hall–Kier alpha value is -2.18. The third-order valence-electron chi connectivity index (χ3n) is 3.77. The first kappa shape index (κ1) is 20.1. The minimum atomic E-state index is -3.49. The lowest BCUT2D eigenvalue weighted by molar-refractivity contribution is -0.116. The van der Waals surface area contributed by atoms with E-state index in [4.69, 9.17) is 0 Å². The second-order valence-corrected chi connectivity index (χ2v) is 8.56. The number of anilines is 1. The van der Waals surface area contributed by atoms with Gasteiger partial charge in [-0.3, -0.25) is 4.79 Å². The minimum Gasteiger partial charge on any atom is -0.326 e. The van der Waals surface area contributed by atoms with Gasteiger partial charge in [-0.25, -0.2) is 13.1 Å². The zero-order valence-corrected chi connectivity index (χ0v) is 16.5. The van der Waals surface area contributed by atoms with Crippen LogP contribution in [-0.2, 0) is 21.2 Å². The molecule has 0 saturated heterocycles. The average molecular weight is 375 g/mol. The number of carbonyl (C=O) groups excluding carboxylic acids is 1. The van der Waals surface area contributed by atoms with Gasteiger partial charge >= 0.3 is 0 Å². The van der Waals surface area contributed by atoms with Crippen molar-refractivity contribution in [2.24, 2.45) is 0 Å². The maximum Gasteiger partial charge on any atom is 0.240 e. The topological polar surface area (TPSA) is 75.3 Å². The largest absolute Gasteiger partial charge is 0.326 e. The molecular formula is C20H26N2O3S. The predicted octanol–water partition coefficient (Wildman–Crippen LogP) is 3.56. The van der Waals surface area contributed by atoms with Crippen LogP contribution in [0.25, 0.3) is 0 Å². The number of hydrogen-bond donors (Lipinski definition) is 2. The van der Waals surface area contributed by atoms with E-state index in [1.807, 2.05) is 26.0 Å². The summed E-state index contributed by atoms with van der Waals surface area (Å²) in [5, 5.41) is 2.91. The van der Waals surface area contributed by atoms with Gasteiger partial charge in [-0.1, -0.05) is 18.2 Å². The van der Waals surface area contributed by atoms with Gasteiger partial charge in [0.25, 0.3) is 0 Å². The second kappa shape index (κ2) is 8.47. The number of rotatable bonds is 7. The number of hydrogen-bond acceptors (Lipinski definition) is 3. The van der Waals surface area contributed by atoms with Gasteiger partial charge in [-0.2, -0.15) is 0 Å². The molecule has 0 spiro atoms. The van der Waals surface area contributed by atoms with E-state index in [1.165, 1.54) is 0 Å². The van der Waals surface area contributed by atoms with Crippen LogP contribution in [-0.4, -0.2) is 20.4 Å². The normalized spacial score (nSPS) is 11.6. The molecule has 0 bridgehead atoms. The van der Waals surface area contributed by atoms with Gasteiger partial charge in [0, 0.05) is 18.2 Å². The molecule has 6 heteroatoms. The highest BCUT2D eigenvalue weighted by Crippen LogP contribution is 2.15. The minimum absolute atomic E-state index is 0.0619. The maximum absolute atomic E-state index is 12.1. The van der Waals surface area contributed by atoms with Crippen molar-refractivity contribution in [3.8, 4) is 0 Å². The van der Waals surface area contributed by atoms with E-state index < -0.39 is 10.0 Å². The van der Waals surface area contributed by atoms with E-state index in [-0.39, 0.29) is 16.8 Å². The lowest BCUT2D eigenvalue weighted by Crippen LogP contribution is -2.30. The summed E-state index contributed by atoms with van der Waals surface area (Å²) in [6.07, 6.45) is 0.887. The third kappa shape index (κ3) is 5.97. The molecule has 2 N–H and O–H groups in total. The van der Waals surface area contributed by atoms with Crippen LogP contribution in [0.1, 0.15) is 37.0 Å². The highest BCUT2D eigenvalue weighted by molar-refractivity contribution is 7.89. The van der Waals surface area contributed by atoms with Gasteiger partial charge in [0.05, 0.1) is 4.90 Å². The van der Waals surface area contributed by atoms with Gasteiger partial charge in [-0.05, 0) is 75.1 Å². The fourth-order valence-electron chi connectivity index (χ4n) is 2.74. The van der Waals surface area contributed by atoms with Crippen LogP contribution in [0, 0.1) is 13.8 Å². The summed E-state index contributed by atoms with van der Waals surface area (Å²) in [6, 6.07) is 12.4. The Bertz CT molecular complexity index is 852. The smallest absolute Gasteiger partial charge is 0.240 e. The van der Waals surface area contributed by atoms with Crippen LogP contribution in [0.2, 0.25) is 0 Å². The first-order valence-corrected chi connectivity index (χ1v) is 10.1. The molecule has 0 radical (unpaired) electrons. The van der Waals surface area contributed by atoms with Crippen molar-refractivity contribution in [2.45, 2.75) is 51.5 Å². The Morgan fingerprint density at radius 1 is 1.00 bits per heavy atom. The molecule has 0 fully saturated rings. The monoisotopic (exact) mass is 374 g/mol. The molecule has 2 aromatic carbocycles. The summed E-state index contributed by atoms with van der Waals surface area (Å²) in [4.78, 5) is 12.4. The molecule has 0 aliphatic heterocycles. The summed E-state index contributed by atoms with van der Waals surface area (Å²) in [6.45, 7) is 7.54. The van der Waals surface area contributed by atoms with E-state index in [0.717, 1.165) is 22.4 Å². The maximum atomic E-state index is 12.1. The van der Waals surface area contributed by atoms with Crippen molar-refractivity contribution in [2.75, 3.05) is 5.32 Å². The first-order chi connectivity index (χ1) is 12.2. The van der Waals surface area contributed by atoms with Crippen LogP contribution >= 0.6 is 0 Å². The molecular weight excluding hydrogens is 348 g/mol. The van der Waals surface area contributed by atoms with Crippen LogP contribution in [0.5, 0.6) is 0 Å².